The van der Waals surface area contributed by atoms with Crippen molar-refractivity contribution >= 4 is 28.9 Å². The molecule has 0 unspecified atom stereocenters. The van der Waals surface area contributed by atoms with Crippen molar-refractivity contribution in [1.29, 1.82) is 5.26 Å². The highest BCUT2D eigenvalue weighted by Gasteiger charge is 2.24. The van der Waals surface area contributed by atoms with Gasteiger partial charge in [0.25, 0.3) is 0 Å². The van der Waals surface area contributed by atoms with Gasteiger partial charge < -0.3 is 24.8 Å². The first-order valence-electron chi connectivity index (χ1n) is 14.4. The first kappa shape index (κ1) is 32.1. The number of imidazole rings is 1. The normalized spacial score (nSPS) is 12.1. The molecule has 4 aromatic rings. The van der Waals surface area contributed by atoms with Gasteiger partial charge in [0.1, 0.15) is 5.82 Å². The smallest absolute Gasteiger partial charge is 0.226 e. The molecule has 228 valence electrons. The molecule has 9 nitrogen and oxygen atoms in total. The number of benzene rings is 2. The maximum Gasteiger partial charge on any atom is 0.226 e. The fourth-order valence-electron chi connectivity index (χ4n) is 4.68. The molecule has 2 N–H and O–H groups in total. The second-order valence-electron chi connectivity index (χ2n) is 10.6. The number of methoxy groups -OCH3 is 1. The van der Waals surface area contributed by atoms with Gasteiger partial charge in [0.05, 0.1) is 43.4 Å². The van der Waals surface area contributed by atoms with Crippen LogP contribution in [0.3, 0.4) is 0 Å². The van der Waals surface area contributed by atoms with Gasteiger partial charge in [-0.2, -0.15) is 5.26 Å². The Morgan fingerprint density at radius 3 is 2.61 bits per heavy atom. The van der Waals surface area contributed by atoms with E-state index in [4.69, 9.17) is 22.2 Å². The van der Waals surface area contributed by atoms with Crippen molar-refractivity contribution in [3.8, 4) is 11.9 Å². The molecule has 2 atom stereocenters. The van der Waals surface area contributed by atoms with Crippen LogP contribution in [0.25, 0.3) is 0 Å². The van der Waals surface area contributed by atoms with E-state index in [1.165, 1.54) is 12.1 Å². The fraction of sp³-hybridized carbons (Fsp3) is 0.303. The fourth-order valence-corrected chi connectivity index (χ4v) is 4.94. The number of hydrogen-bond donors (Lipinski definition) is 2. The van der Waals surface area contributed by atoms with Gasteiger partial charge in [-0.3, -0.25) is 4.79 Å². The maximum absolute atomic E-state index is 14.1. The number of carbonyl (C=O) groups excluding carboxylic acids is 1. The molecule has 2 aromatic heterocycles. The molecule has 0 spiro atoms. The highest BCUT2D eigenvalue weighted by molar-refractivity contribution is 7.80. The Bertz CT molecular complexity index is 1580. The van der Waals surface area contributed by atoms with E-state index in [1.807, 2.05) is 33.7 Å². The highest BCUT2D eigenvalue weighted by atomic mass is 32.1. The van der Waals surface area contributed by atoms with E-state index in [9.17, 15) is 9.18 Å². The molecule has 2 aromatic carbocycles. The molecule has 0 aliphatic carbocycles. The molecule has 0 saturated heterocycles. The van der Waals surface area contributed by atoms with Crippen molar-refractivity contribution in [3.63, 3.8) is 0 Å². The van der Waals surface area contributed by atoms with Gasteiger partial charge in [0.2, 0.25) is 11.8 Å². The Balaban J connectivity index is 1.48. The second-order valence-corrected chi connectivity index (χ2v) is 11.0. The molecule has 0 aliphatic heterocycles. The first-order valence-corrected chi connectivity index (χ1v) is 14.8. The van der Waals surface area contributed by atoms with Crippen LogP contribution >= 0.6 is 12.2 Å². The number of amides is 1. The number of thiocarbonyl (C=S) groups is 1. The minimum absolute atomic E-state index is 0.128. The van der Waals surface area contributed by atoms with Crippen LogP contribution in [0.15, 0.2) is 79.4 Å². The third-order valence-corrected chi connectivity index (χ3v) is 7.78. The number of nitrogens with zero attached hydrogens (tertiary/aromatic N) is 5. The summed E-state index contributed by atoms with van der Waals surface area (Å²) in [5, 5.41) is 15.9. The number of aromatic nitrogens is 3. The standard InChI is InChI=1S/C33H36FN7O2S/c1-4-23(2)30(39-31(42)15-29-18-36-22-41(29)19-25-10-8-24(16-35)9-11-25)21-40(20-26-6-5-7-27(34)14-26)33(44)38-28-12-13-32(43-3)37-17-28/h5-14,17-18,22-23,30H,4,15,19-21H2,1-3H3,(H,38,44)(H,39,42)/t23-,30+/m0/s1. The third kappa shape index (κ3) is 9.09. The number of anilines is 1. The van der Waals surface area contributed by atoms with E-state index < -0.39 is 0 Å². The number of halogens is 1. The zero-order valence-corrected chi connectivity index (χ0v) is 25.9. The number of rotatable bonds is 13. The molecular weight excluding hydrogens is 577 g/mol. The monoisotopic (exact) mass is 613 g/mol. The molecule has 1 amide bonds. The number of pyridine rings is 1. The number of nitrogens with one attached hydrogen (secondary N) is 2. The van der Waals surface area contributed by atoms with Gasteiger partial charge in [-0.15, -0.1) is 0 Å². The lowest BCUT2D eigenvalue weighted by molar-refractivity contribution is -0.121. The summed E-state index contributed by atoms with van der Waals surface area (Å²) in [6.45, 7) is 5.44. The van der Waals surface area contributed by atoms with Gasteiger partial charge in [-0.05, 0) is 59.6 Å². The van der Waals surface area contributed by atoms with E-state index in [0.29, 0.717) is 41.9 Å². The van der Waals surface area contributed by atoms with Crippen LogP contribution in [0.1, 0.15) is 42.7 Å². The molecule has 2 heterocycles. The summed E-state index contributed by atoms with van der Waals surface area (Å²) >= 11 is 5.81. The SMILES string of the molecule is CC[C@H](C)[C@@H](CN(Cc1cccc(F)c1)C(=S)Nc1ccc(OC)nc1)NC(=O)Cc1cncn1Cc1ccc(C#N)cc1. The lowest BCUT2D eigenvalue weighted by atomic mass is 9.98. The predicted octanol–water partition coefficient (Wildman–Crippen LogP) is 5.32. The van der Waals surface area contributed by atoms with Gasteiger partial charge in [-0.1, -0.05) is 44.5 Å². The van der Waals surface area contributed by atoms with Crippen LogP contribution in [0, 0.1) is 23.1 Å². The highest BCUT2D eigenvalue weighted by Crippen LogP contribution is 2.17. The summed E-state index contributed by atoms with van der Waals surface area (Å²) in [4.78, 5) is 23.8. The molecule has 0 saturated carbocycles. The van der Waals surface area contributed by atoms with Crippen molar-refractivity contribution in [2.75, 3.05) is 19.0 Å². The minimum atomic E-state index is -0.329. The molecule has 0 radical (unpaired) electrons. The third-order valence-electron chi connectivity index (χ3n) is 7.42. The van der Waals surface area contributed by atoms with Crippen molar-refractivity contribution in [1.82, 2.24) is 24.8 Å². The molecule has 44 heavy (non-hydrogen) atoms. The Morgan fingerprint density at radius 2 is 1.95 bits per heavy atom. The van der Waals surface area contributed by atoms with Crippen LogP contribution in [0.2, 0.25) is 0 Å². The summed E-state index contributed by atoms with van der Waals surface area (Å²) in [5.74, 6) is 0.143. The average molecular weight is 614 g/mol. The van der Waals surface area contributed by atoms with Gasteiger partial charge in [-0.25, -0.2) is 14.4 Å². The predicted molar refractivity (Wildman–Crippen MR) is 171 cm³/mol. The zero-order chi connectivity index (χ0) is 31.5. The Labute approximate surface area is 262 Å². The molecule has 11 heteroatoms. The van der Waals surface area contributed by atoms with Crippen LogP contribution < -0.4 is 15.4 Å². The summed E-state index contributed by atoms with van der Waals surface area (Å²) < 4.78 is 21.2. The largest absolute Gasteiger partial charge is 0.481 e. The van der Waals surface area contributed by atoms with Crippen molar-refractivity contribution in [2.24, 2.45) is 5.92 Å². The molecular formula is C33H36FN7O2S. The number of carbonyl (C=O) groups is 1. The van der Waals surface area contributed by atoms with Crippen LogP contribution in [0.5, 0.6) is 5.88 Å². The van der Waals surface area contributed by atoms with Crippen molar-refractivity contribution in [3.05, 3.63) is 108 Å². The lowest BCUT2D eigenvalue weighted by Crippen LogP contribution is -2.50. The van der Waals surface area contributed by atoms with Gasteiger partial charge in [0.15, 0.2) is 5.11 Å². The topological polar surface area (TPSA) is 108 Å². The summed E-state index contributed by atoms with van der Waals surface area (Å²) in [7, 11) is 1.55. The first-order chi connectivity index (χ1) is 21.3. The van der Waals surface area contributed by atoms with Crippen molar-refractivity contribution < 1.29 is 13.9 Å². The second kappa shape index (κ2) is 15.6. The van der Waals surface area contributed by atoms with Crippen LogP contribution in [0.4, 0.5) is 10.1 Å². The molecule has 0 bridgehead atoms. The van der Waals surface area contributed by atoms with Crippen molar-refractivity contribution in [2.45, 2.75) is 45.8 Å². The summed E-state index contributed by atoms with van der Waals surface area (Å²) in [5.41, 5.74) is 3.80. The average Bonchev–Trinajstić information content (AvgIpc) is 3.46. The Kier molecular flexibility index (Phi) is 11.4. The van der Waals surface area contributed by atoms with E-state index in [1.54, 1.807) is 50.1 Å². The van der Waals surface area contributed by atoms with Crippen LogP contribution in [-0.2, 0) is 24.3 Å². The quantitative estimate of drug-likeness (QED) is 0.195. The number of ether oxygens (including phenoxy) is 1. The lowest BCUT2D eigenvalue weighted by Gasteiger charge is -2.33. The summed E-state index contributed by atoms with van der Waals surface area (Å²) in [6, 6.07) is 19.2. The molecule has 0 aliphatic rings. The Hall–Kier alpha value is -4.82. The van der Waals surface area contributed by atoms with Crippen LogP contribution in [-0.4, -0.2) is 50.2 Å². The minimum Gasteiger partial charge on any atom is -0.481 e. The Morgan fingerprint density at radius 1 is 1.16 bits per heavy atom. The van der Waals surface area contributed by atoms with E-state index in [0.717, 1.165) is 23.2 Å². The van der Waals surface area contributed by atoms with E-state index in [2.05, 4.69) is 40.5 Å². The number of nitriles is 1. The van der Waals surface area contributed by atoms with Gasteiger partial charge >= 0.3 is 0 Å². The molecule has 4 rings (SSSR count). The van der Waals surface area contributed by atoms with Gasteiger partial charge in [0, 0.05) is 43.6 Å². The van der Waals surface area contributed by atoms with E-state index in [-0.39, 0.29) is 30.1 Å². The maximum atomic E-state index is 14.1. The number of hydrogen-bond acceptors (Lipinski definition) is 6. The molecule has 0 fully saturated rings. The zero-order valence-electron chi connectivity index (χ0n) is 25.0. The summed E-state index contributed by atoms with van der Waals surface area (Å²) in [6.07, 6.45) is 6.00. The van der Waals surface area contributed by atoms with E-state index >= 15 is 0 Å².